The summed E-state index contributed by atoms with van der Waals surface area (Å²) in [4.78, 5) is 37.3. The summed E-state index contributed by atoms with van der Waals surface area (Å²) in [6.07, 6.45) is 2.60. The third-order valence-corrected chi connectivity index (χ3v) is 7.99. The van der Waals surface area contributed by atoms with E-state index in [4.69, 9.17) is 0 Å². The minimum absolute atomic E-state index is 0.0850. The molecule has 0 aromatic heterocycles. The Bertz CT molecular complexity index is 1170. The molecule has 0 spiro atoms. The van der Waals surface area contributed by atoms with E-state index in [2.05, 4.69) is 16.0 Å². The topological polar surface area (TPSA) is 125 Å². The van der Waals surface area contributed by atoms with Crippen LogP contribution in [0.5, 0.6) is 0 Å². The molecule has 0 bridgehead atoms. The minimum Gasteiger partial charge on any atom is -0.356 e. The van der Waals surface area contributed by atoms with Gasteiger partial charge in [0.05, 0.1) is 16.1 Å². The van der Waals surface area contributed by atoms with Crippen molar-refractivity contribution in [2.75, 3.05) is 25.0 Å². The number of nitrogens with zero attached hydrogens (tertiary/aromatic N) is 1. The van der Waals surface area contributed by atoms with Crippen LogP contribution in [0.3, 0.4) is 0 Å². The van der Waals surface area contributed by atoms with Crippen molar-refractivity contribution in [3.05, 3.63) is 59.7 Å². The molecule has 2 aliphatic rings. The van der Waals surface area contributed by atoms with Crippen molar-refractivity contribution in [3.63, 3.8) is 0 Å². The second-order valence-corrected chi connectivity index (χ2v) is 10.4. The summed E-state index contributed by atoms with van der Waals surface area (Å²) in [5, 5.41) is 8.21. The lowest BCUT2D eigenvalue weighted by Gasteiger charge is -2.15. The van der Waals surface area contributed by atoms with Gasteiger partial charge in [-0.25, -0.2) is 8.42 Å². The molecule has 3 N–H and O–H groups in total. The molecule has 10 heteroatoms. The number of nitrogens with one attached hydrogen (secondary N) is 3. The predicted molar refractivity (Wildman–Crippen MR) is 127 cm³/mol. The highest BCUT2D eigenvalue weighted by Crippen LogP contribution is 2.21. The Kier molecular flexibility index (Phi) is 7.28. The van der Waals surface area contributed by atoms with E-state index in [0.717, 1.165) is 18.4 Å². The molecular weight excluding hydrogens is 456 g/mol. The van der Waals surface area contributed by atoms with Gasteiger partial charge in [-0.1, -0.05) is 24.3 Å². The molecule has 2 aromatic rings. The van der Waals surface area contributed by atoms with Crippen LogP contribution >= 0.6 is 0 Å². The van der Waals surface area contributed by atoms with Crippen molar-refractivity contribution >= 4 is 33.4 Å². The summed E-state index contributed by atoms with van der Waals surface area (Å²) < 4.78 is 26.7. The minimum atomic E-state index is -3.43. The molecule has 0 saturated carbocycles. The van der Waals surface area contributed by atoms with Gasteiger partial charge >= 0.3 is 0 Å². The number of hydrogen-bond acceptors (Lipinski definition) is 5. The Morgan fingerprint density at radius 2 is 1.74 bits per heavy atom. The average Bonchev–Trinajstić information content (AvgIpc) is 3.34. The van der Waals surface area contributed by atoms with Gasteiger partial charge in [-0.05, 0) is 55.5 Å². The number of rotatable bonds is 8. The van der Waals surface area contributed by atoms with E-state index in [1.807, 2.05) is 0 Å². The first kappa shape index (κ1) is 23.9. The van der Waals surface area contributed by atoms with Crippen molar-refractivity contribution < 1.29 is 22.8 Å². The molecule has 34 heavy (non-hydrogen) atoms. The van der Waals surface area contributed by atoms with Crippen LogP contribution < -0.4 is 16.0 Å². The molecule has 9 nitrogen and oxygen atoms in total. The van der Waals surface area contributed by atoms with Crippen LogP contribution in [0.1, 0.15) is 41.6 Å². The number of carbonyl (C=O) groups is 3. The van der Waals surface area contributed by atoms with Gasteiger partial charge in [0.15, 0.2) is 0 Å². The highest BCUT2D eigenvalue weighted by atomic mass is 32.2. The fraction of sp³-hybridized carbons (Fsp3) is 0.375. The zero-order chi connectivity index (χ0) is 24.1. The SMILES string of the molecule is O=C(CC[C@@H]1NC(=O)c2ccccc2NC1=O)NCCc1ccc(S(=O)(=O)N2CCCC2)cc1. The van der Waals surface area contributed by atoms with Gasteiger partial charge < -0.3 is 16.0 Å². The first-order chi connectivity index (χ1) is 16.3. The largest absolute Gasteiger partial charge is 0.356 e. The maximum Gasteiger partial charge on any atom is 0.254 e. The molecule has 1 fully saturated rings. The number of anilines is 1. The average molecular weight is 485 g/mol. The highest BCUT2D eigenvalue weighted by Gasteiger charge is 2.28. The molecule has 2 heterocycles. The van der Waals surface area contributed by atoms with E-state index in [1.54, 1.807) is 48.5 Å². The molecule has 0 radical (unpaired) electrons. The zero-order valence-corrected chi connectivity index (χ0v) is 19.6. The van der Waals surface area contributed by atoms with Crippen LogP contribution in [0.4, 0.5) is 5.69 Å². The van der Waals surface area contributed by atoms with Gasteiger partial charge in [0.2, 0.25) is 21.8 Å². The lowest BCUT2D eigenvalue weighted by molar-refractivity contribution is -0.121. The number of para-hydroxylation sites is 1. The Labute approximate surface area is 199 Å². The summed E-state index contributed by atoms with van der Waals surface area (Å²) in [6.45, 7) is 1.51. The van der Waals surface area contributed by atoms with E-state index in [9.17, 15) is 22.8 Å². The van der Waals surface area contributed by atoms with Crippen LogP contribution in [0.2, 0.25) is 0 Å². The van der Waals surface area contributed by atoms with E-state index < -0.39 is 16.1 Å². The van der Waals surface area contributed by atoms with E-state index in [-0.39, 0.29) is 35.5 Å². The second kappa shape index (κ2) is 10.4. The maximum atomic E-state index is 12.6. The molecule has 4 rings (SSSR count). The van der Waals surface area contributed by atoms with Crippen LogP contribution in [0, 0.1) is 0 Å². The number of sulfonamides is 1. The van der Waals surface area contributed by atoms with Crippen molar-refractivity contribution in [1.29, 1.82) is 0 Å². The van der Waals surface area contributed by atoms with Crippen LogP contribution in [0.25, 0.3) is 0 Å². The first-order valence-electron chi connectivity index (χ1n) is 11.4. The molecule has 3 amide bonds. The number of amides is 3. The molecule has 2 aliphatic heterocycles. The van der Waals surface area contributed by atoms with Gasteiger partial charge in [-0.3, -0.25) is 14.4 Å². The lowest BCUT2D eigenvalue weighted by Crippen LogP contribution is -2.42. The number of hydrogen-bond donors (Lipinski definition) is 3. The van der Waals surface area contributed by atoms with Crippen LogP contribution in [-0.2, 0) is 26.0 Å². The fourth-order valence-electron chi connectivity index (χ4n) is 4.13. The summed E-state index contributed by atoms with van der Waals surface area (Å²) >= 11 is 0. The zero-order valence-electron chi connectivity index (χ0n) is 18.7. The van der Waals surface area contributed by atoms with Crippen LogP contribution in [-0.4, -0.2) is 56.1 Å². The highest BCUT2D eigenvalue weighted by molar-refractivity contribution is 7.89. The fourth-order valence-corrected chi connectivity index (χ4v) is 5.65. The third kappa shape index (κ3) is 5.45. The van der Waals surface area contributed by atoms with Gasteiger partial charge in [0, 0.05) is 26.1 Å². The normalized spacial score (nSPS) is 18.5. The molecule has 1 saturated heterocycles. The molecule has 0 aliphatic carbocycles. The summed E-state index contributed by atoms with van der Waals surface area (Å²) in [7, 11) is -3.43. The number of fused-ring (bicyclic) bond motifs is 1. The van der Waals surface area contributed by atoms with E-state index in [1.165, 1.54) is 4.31 Å². The summed E-state index contributed by atoms with van der Waals surface area (Å²) in [5.41, 5.74) is 1.76. The van der Waals surface area contributed by atoms with Crippen LogP contribution in [0.15, 0.2) is 53.4 Å². The van der Waals surface area contributed by atoms with E-state index >= 15 is 0 Å². The Morgan fingerprint density at radius 3 is 2.47 bits per heavy atom. The Morgan fingerprint density at radius 1 is 1.03 bits per heavy atom. The standard InChI is InChI=1S/C24H28N4O5S/c29-22(12-11-21-24(31)26-20-6-2-1-5-19(20)23(30)27-21)25-14-13-17-7-9-18(10-8-17)34(32,33)28-15-3-4-16-28/h1-2,5-10,21H,3-4,11-16H2,(H,25,29)(H,26,31)(H,27,30)/t21-/m0/s1. The third-order valence-electron chi connectivity index (χ3n) is 6.07. The van der Waals surface area contributed by atoms with E-state index in [0.29, 0.717) is 37.3 Å². The van der Waals surface area contributed by atoms with Gasteiger partial charge in [0.25, 0.3) is 5.91 Å². The number of carbonyl (C=O) groups excluding carboxylic acids is 3. The summed E-state index contributed by atoms with van der Waals surface area (Å²) in [6, 6.07) is 12.7. The molecular formula is C24H28N4O5S. The van der Waals surface area contributed by atoms with Crippen molar-refractivity contribution in [2.24, 2.45) is 0 Å². The van der Waals surface area contributed by atoms with Crippen molar-refractivity contribution in [3.8, 4) is 0 Å². The second-order valence-electron chi connectivity index (χ2n) is 8.45. The predicted octanol–water partition coefficient (Wildman–Crippen LogP) is 1.66. The Balaban J connectivity index is 1.23. The molecule has 1 atom stereocenters. The monoisotopic (exact) mass is 484 g/mol. The molecule has 0 unspecified atom stereocenters. The van der Waals surface area contributed by atoms with Gasteiger partial charge in [-0.15, -0.1) is 0 Å². The maximum absolute atomic E-state index is 12.6. The Hall–Kier alpha value is -3.24. The van der Waals surface area contributed by atoms with Gasteiger partial charge in [0.1, 0.15) is 6.04 Å². The quantitative estimate of drug-likeness (QED) is 0.526. The van der Waals surface area contributed by atoms with Crippen molar-refractivity contribution in [1.82, 2.24) is 14.9 Å². The van der Waals surface area contributed by atoms with Crippen molar-refractivity contribution in [2.45, 2.75) is 43.0 Å². The number of benzene rings is 2. The molecule has 2 aromatic carbocycles. The lowest BCUT2D eigenvalue weighted by atomic mass is 10.1. The smallest absolute Gasteiger partial charge is 0.254 e. The summed E-state index contributed by atoms with van der Waals surface area (Å²) in [5.74, 6) is -0.929. The molecule has 180 valence electrons. The first-order valence-corrected chi connectivity index (χ1v) is 12.8. The van der Waals surface area contributed by atoms with Gasteiger partial charge in [-0.2, -0.15) is 4.31 Å².